The number of ether oxygens (including phenoxy) is 2. The highest BCUT2D eigenvalue weighted by Crippen LogP contribution is 2.10. The number of carbonyl (C=O) groups is 1. The first-order valence-corrected chi connectivity index (χ1v) is 5.79. The summed E-state index contributed by atoms with van der Waals surface area (Å²) in [6.45, 7) is 2.11. The second kappa shape index (κ2) is 7.60. The molecule has 0 aromatic carbocycles. The summed E-state index contributed by atoms with van der Waals surface area (Å²) in [5.41, 5.74) is 0. The Morgan fingerprint density at radius 3 is 3.12 bits per heavy atom. The second-order valence-electron chi connectivity index (χ2n) is 4.06. The number of nitrogens with one attached hydrogen (secondary N) is 1. The molecule has 1 saturated heterocycles. The molecule has 94 valence electrons. The van der Waals surface area contributed by atoms with Crippen molar-refractivity contribution in [2.75, 3.05) is 26.8 Å². The molecule has 1 aliphatic heterocycles. The predicted octanol–water partition coefficient (Wildman–Crippen LogP) is 0.0691. The van der Waals surface area contributed by atoms with Gasteiger partial charge in [-0.25, -0.2) is 0 Å². The summed E-state index contributed by atoms with van der Waals surface area (Å²) < 4.78 is 9.93. The maximum Gasteiger partial charge on any atom is 0.305 e. The number of methoxy groups -OCH3 is 1. The lowest BCUT2D eigenvalue weighted by Crippen LogP contribution is -2.33. The molecule has 0 spiro atoms. The van der Waals surface area contributed by atoms with E-state index in [0.29, 0.717) is 13.0 Å². The Labute approximate surface area is 96.1 Å². The van der Waals surface area contributed by atoms with Gasteiger partial charge in [-0.3, -0.25) is 4.79 Å². The number of carbonyl (C=O) groups excluding carboxylic acids is 1. The van der Waals surface area contributed by atoms with Crippen LogP contribution in [0.15, 0.2) is 0 Å². The van der Waals surface area contributed by atoms with Gasteiger partial charge in [-0.1, -0.05) is 0 Å². The van der Waals surface area contributed by atoms with Gasteiger partial charge >= 0.3 is 5.97 Å². The molecule has 2 atom stereocenters. The molecule has 2 N–H and O–H groups in total. The summed E-state index contributed by atoms with van der Waals surface area (Å²) in [6.07, 6.45) is 2.70. The van der Waals surface area contributed by atoms with E-state index in [0.717, 1.165) is 26.0 Å². The van der Waals surface area contributed by atoms with Crippen LogP contribution in [-0.2, 0) is 14.3 Å². The first kappa shape index (κ1) is 13.4. The van der Waals surface area contributed by atoms with E-state index in [9.17, 15) is 9.90 Å². The molecule has 0 aromatic rings. The fourth-order valence-electron chi connectivity index (χ4n) is 1.70. The number of hydrogen-bond acceptors (Lipinski definition) is 5. The van der Waals surface area contributed by atoms with E-state index < -0.39 is 6.10 Å². The van der Waals surface area contributed by atoms with Crippen molar-refractivity contribution in [3.63, 3.8) is 0 Å². The van der Waals surface area contributed by atoms with Crippen LogP contribution < -0.4 is 5.32 Å². The van der Waals surface area contributed by atoms with E-state index in [1.54, 1.807) is 0 Å². The third kappa shape index (κ3) is 5.44. The van der Waals surface area contributed by atoms with Crippen molar-refractivity contribution < 1.29 is 19.4 Å². The molecule has 0 bridgehead atoms. The van der Waals surface area contributed by atoms with Gasteiger partial charge in [0.2, 0.25) is 0 Å². The molecule has 0 aliphatic carbocycles. The van der Waals surface area contributed by atoms with Crippen LogP contribution in [0.4, 0.5) is 0 Å². The zero-order chi connectivity index (χ0) is 11.8. The lowest BCUT2D eigenvalue weighted by atomic mass is 10.2. The normalized spacial score (nSPS) is 22.0. The number of hydrogen-bond donors (Lipinski definition) is 2. The van der Waals surface area contributed by atoms with Gasteiger partial charge < -0.3 is 19.9 Å². The molecule has 5 heteroatoms. The van der Waals surface area contributed by atoms with Gasteiger partial charge in [-0.15, -0.1) is 0 Å². The largest absolute Gasteiger partial charge is 0.469 e. The van der Waals surface area contributed by atoms with Crippen LogP contribution in [0.1, 0.15) is 25.7 Å². The Bertz CT molecular complexity index is 204. The summed E-state index contributed by atoms with van der Waals surface area (Å²) in [5.74, 6) is -0.279. The summed E-state index contributed by atoms with van der Waals surface area (Å²) in [5, 5.41) is 12.7. The van der Waals surface area contributed by atoms with Crippen LogP contribution in [-0.4, -0.2) is 50.1 Å². The zero-order valence-corrected chi connectivity index (χ0v) is 9.78. The van der Waals surface area contributed by atoms with Crippen LogP contribution in [0.25, 0.3) is 0 Å². The van der Waals surface area contributed by atoms with E-state index in [1.165, 1.54) is 7.11 Å². The lowest BCUT2D eigenvalue weighted by Gasteiger charge is -2.14. The highest BCUT2D eigenvalue weighted by Gasteiger charge is 2.15. The first-order valence-electron chi connectivity index (χ1n) is 5.79. The van der Waals surface area contributed by atoms with Gasteiger partial charge in [0, 0.05) is 26.1 Å². The van der Waals surface area contributed by atoms with E-state index in [2.05, 4.69) is 10.1 Å². The predicted molar refractivity (Wildman–Crippen MR) is 59.1 cm³/mol. The lowest BCUT2D eigenvalue weighted by molar-refractivity contribution is -0.141. The van der Waals surface area contributed by atoms with E-state index in [4.69, 9.17) is 4.74 Å². The first-order chi connectivity index (χ1) is 7.72. The van der Waals surface area contributed by atoms with E-state index in [1.807, 2.05) is 0 Å². The van der Waals surface area contributed by atoms with Crippen molar-refractivity contribution in [1.82, 2.24) is 5.32 Å². The quantitative estimate of drug-likeness (QED) is 0.607. The van der Waals surface area contributed by atoms with Crippen molar-refractivity contribution in [3.05, 3.63) is 0 Å². The minimum absolute atomic E-state index is 0.263. The minimum Gasteiger partial charge on any atom is -0.469 e. The molecule has 0 aromatic heterocycles. The molecule has 0 amide bonds. The fraction of sp³-hybridized carbons (Fsp3) is 0.909. The Balaban J connectivity index is 1.96. The van der Waals surface area contributed by atoms with Crippen LogP contribution in [0.3, 0.4) is 0 Å². The second-order valence-corrected chi connectivity index (χ2v) is 4.06. The summed E-state index contributed by atoms with van der Waals surface area (Å²) >= 11 is 0. The fourth-order valence-corrected chi connectivity index (χ4v) is 1.70. The minimum atomic E-state index is -0.500. The summed E-state index contributed by atoms with van der Waals surface area (Å²) in [7, 11) is 1.35. The standard InChI is InChI=1S/C11H21NO4/c1-15-11(14)5-4-9(13)7-12-8-10-3-2-6-16-10/h9-10,12-13H,2-8H2,1H3. The number of rotatable bonds is 7. The molecule has 1 fully saturated rings. The maximum absolute atomic E-state index is 10.8. The molecule has 2 unspecified atom stereocenters. The molecule has 1 heterocycles. The van der Waals surface area contributed by atoms with Crippen LogP contribution in [0.2, 0.25) is 0 Å². The maximum atomic E-state index is 10.8. The van der Waals surface area contributed by atoms with Gasteiger partial charge in [0.15, 0.2) is 0 Å². The number of esters is 1. The molecule has 16 heavy (non-hydrogen) atoms. The Hall–Kier alpha value is -0.650. The van der Waals surface area contributed by atoms with Gasteiger partial charge in [0.25, 0.3) is 0 Å². The monoisotopic (exact) mass is 231 g/mol. The van der Waals surface area contributed by atoms with Crippen LogP contribution >= 0.6 is 0 Å². The van der Waals surface area contributed by atoms with Crippen molar-refractivity contribution in [2.45, 2.75) is 37.9 Å². The number of aliphatic hydroxyl groups is 1. The smallest absolute Gasteiger partial charge is 0.305 e. The Kier molecular flexibility index (Phi) is 6.37. The molecule has 0 radical (unpaired) electrons. The molecular weight excluding hydrogens is 210 g/mol. The van der Waals surface area contributed by atoms with Gasteiger partial charge in [-0.2, -0.15) is 0 Å². The average molecular weight is 231 g/mol. The topological polar surface area (TPSA) is 67.8 Å². The van der Waals surface area contributed by atoms with E-state index >= 15 is 0 Å². The number of aliphatic hydroxyl groups excluding tert-OH is 1. The Morgan fingerprint density at radius 2 is 2.50 bits per heavy atom. The van der Waals surface area contributed by atoms with Crippen LogP contribution in [0, 0.1) is 0 Å². The van der Waals surface area contributed by atoms with Crippen molar-refractivity contribution in [3.8, 4) is 0 Å². The third-order valence-corrected chi connectivity index (χ3v) is 2.69. The summed E-state index contributed by atoms with van der Waals surface area (Å²) in [6, 6.07) is 0. The molecular formula is C11H21NO4. The highest BCUT2D eigenvalue weighted by atomic mass is 16.5. The van der Waals surface area contributed by atoms with Crippen LogP contribution in [0.5, 0.6) is 0 Å². The molecule has 1 aliphatic rings. The SMILES string of the molecule is COC(=O)CCC(O)CNCC1CCCO1. The molecule has 0 saturated carbocycles. The zero-order valence-electron chi connectivity index (χ0n) is 9.78. The van der Waals surface area contributed by atoms with Crippen molar-refractivity contribution >= 4 is 5.97 Å². The Morgan fingerprint density at radius 1 is 1.69 bits per heavy atom. The highest BCUT2D eigenvalue weighted by molar-refractivity contribution is 5.69. The molecule has 5 nitrogen and oxygen atoms in total. The average Bonchev–Trinajstić information content (AvgIpc) is 2.79. The van der Waals surface area contributed by atoms with Crippen molar-refractivity contribution in [1.29, 1.82) is 0 Å². The van der Waals surface area contributed by atoms with Gasteiger partial charge in [-0.05, 0) is 19.3 Å². The van der Waals surface area contributed by atoms with Crippen molar-refractivity contribution in [2.24, 2.45) is 0 Å². The molecule has 1 rings (SSSR count). The summed E-state index contributed by atoms with van der Waals surface area (Å²) in [4.78, 5) is 10.8. The van der Waals surface area contributed by atoms with Gasteiger partial charge in [0.1, 0.15) is 0 Å². The third-order valence-electron chi connectivity index (χ3n) is 2.69. The van der Waals surface area contributed by atoms with E-state index in [-0.39, 0.29) is 18.5 Å². The van der Waals surface area contributed by atoms with Gasteiger partial charge in [0.05, 0.1) is 19.3 Å².